The maximum atomic E-state index is 11.8. The summed E-state index contributed by atoms with van der Waals surface area (Å²) in [6, 6.07) is 0. The van der Waals surface area contributed by atoms with Gasteiger partial charge in [0.2, 0.25) is 0 Å². The highest BCUT2D eigenvalue weighted by Crippen LogP contribution is 2.20. The van der Waals surface area contributed by atoms with Crippen LogP contribution in [0.4, 0.5) is 0 Å². The second-order valence-electron chi connectivity index (χ2n) is 4.82. The molecule has 0 aromatic carbocycles. The van der Waals surface area contributed by atoms with Crippen LogP contribution in [-0.4, -0.2) is 11.6 Å². The normalized spacial score (nSPS) is 13.4. The van der Waals surface area contributed by atoms with Crippen LogP contribution in [0.3, 0.4) is 0 Å². The van der Waals surface area contributed by atoms with Crippen LogP contribution in [0.25, 0.3) is 0 Å². The summed E-state index contributed by atoms with van der Waals surface area (Å²) in [7, 11) is 0. The molecule has 2 heteroatoms. The average Bonchev–Trinajstić information content (AvgIpc) is 1.97. The van der Waals surface area contributed by atoms with E-state index in [1.165, 1.54) is 0 Å². The van der Waals surface area contributed by atoms with Crippen LogP contribution < -0.4 is 0 Å². The van der Waals surface area contributed by atoms with Crippen LogP contribution in [0.2, 0.25) is 0 Å². The molecule has 0 aliphatic carbocycles. The van der Waals surface area contributed by atoms with Gasteiger partial charge in [-0.3, -0.25) is 4.79 Å². The van der Waals surface area contributed by atoms with Gasteiger partial charge in [-0.25, -0.2) is 0 Å². The lowest BCUT2D eigenvalue weighted by Crippen LogP contribution is -2.23. The SMILES string of the molecule is CC(=O)CC(C(=O)CC(C)C)C(C)C. The van der Waals surface area contributed by atoms with Gasteiger partial charge in [0.05, 0.1) is 0 Å². The van der Waals surface area contributed by atoms with Crippen molar-refractivity contribution in [1.29, 1.82) is 0 Å². The summed E-state index contributed by atoms with van der Waals surface area (Å²) in [5.74, 6) is 0.932. The molecule has 0 spiro atoms. The van der Waals surface area contributed by atoms with E-state index in [9.17, 15) is 9.59 Å². The molecule has 0 heterocycles. The third-order valence-corrected chi connectivity index (χ3v) is 2.34. The highest BCUT2D eigenvalue weighted by atomic mass is 16.1. The van der Waals surface area contributed by atoms with Gasteiger partial charge >= 0.3 is 0 Å². The fourth-order valence-electron chi connectivity index (χ4n) is 1.58. The van der Waals surface area contributed by atoms with Crippen molar-refractivity contribution in [2.45, 2.75) is 47.5 Å². The maximum Gasteiger partial charge on any atom is 0.136 e. The Bertz CT molecular complexity index is 204. The largest absolute Gasteiger partial charge is 0.300 e. The second-order valence-corrected chi connectivity index (χ2v) is 4.82. The van der Waals surface area contributed by atoms with Gasteiger partial charge in [-0.1, -0.05) is 27.7 Å². The number of rotatable bonds is 6. The molecule has 0 saturated carbocycles. The molecule has 14 heavy (non-hydrogen) atoms. The lowest BCUT2D eigenvalue weighted by molar-refractivity contribution is -0.129. The Kier molecular flexibility index (Phi) is 5.66. The molecule has 0 amide bonds. The molecule has 0 aromatic rings. The first-order valence-corrected chi connectivity index (χ1v) is 5.36. The number of carbonyl (C=O) groups is 2. The summed E-state index contributed by atoms with van der Waals surface area (Å²) in [6.07, 6.45) is 0.999. The number of hydrogen-bond acceptors (Lipinski definition) is 2. The predicted molar refractivity (Wildman–Crippen MR) is 58.1 cm³/mol. The van der Waals surface area contributed by atoms with Crippen LogP contribution in [0, 0.1) is 17.8 Å². The first-order valence-electron chi connectivity index (χ1n) is 5.36. The number of carbonyl (C=O) groups excluding carboxylic acids is 2. The minimum absolute atomic E-state index is 0.0742. The van der Waals surface area contributed by atoms with Gasteiger partial charge in [0.25, 0.3) is 0 Å². The van der Waals surface area contributed by atoms with E-state index in [1.807, 2.05) is 27.7 Å². The summed E-state index contributed by atoms with van der Waals surface area (Å²) >= 11 is 0. The number of Topliss-reactive ketones (excluding diaryl/α,β-unsaturated/α-hetero) is 2. The standard InChI is InChI=1S/C12H22O2/c1-8(2)6-12(14)11(9(3)4)7-10(5)13/h8-9,11H,6-7H2,1-5H3. The Labute approximate surface area is 87.1 Å². The van der Waals surface area contributed by atoms with Crippen molar-refractivity contribution in [2.24, 2.45) is 17.8 Å². The third-order valence-electron chi connectivity index (χ3n) is 2.34. The zero-order valence-electron chi connectivity index (χ0n) is 9.96. The van der Waals surface area contributed by atoms with Gasteiger partial charge in [0, 0.05) is 18.8 Å². The van der Waals surface area contributed by atoms with E-state index in [1.54, 1.807) is 6.92 Å². The zero-order valence-corrected chi connectivity index (χ0v) is 9.96. The molecular weight excluding hydrogens is 176 g/mol. The maximum absolute atomic E-state index is 11.8. The first kappa shape index (κ1) is 13.3. The lowest BCUT2D eigenvalue weighted by Gasteiger charge is -2.19. The molecule has 0 radical (unpaired) electrons. The quantitative estimate of drug-likeness (QED) is 0.657. The van der Waals surface area contributed by atoms with Crippen LogP contribution in [0.1, 0.15) is 47.5 Å². The third kappa shape index (κ3) is 5.15. The molecule has 1 atom stereocenters. The van der Waals surface area contributed by atoms with Crippen molar-refractivity contribution in [2.75, 3.05) is 0 Å². The summed E-state index contributed by atoms with van der Waals surface area (Å²) in [5.41, 5.74) is 0. The summed E-state index contributed by atoms with van der Waals surface area (Å²) in [4.78, 5) is 22.8. The lowest BCUT2D eigenvalue weighted by atomic mass is 9.84. The zero-order chi connectivity index (χ0) is 11.3. The van der Waals surface area contributed by atoms with E-state index in [0.29, 0.717) is 18.8 Å². The van der Waals surface area contributed by atoms with E-state index >= 15 is 0 Å². The summed E-state index contributed by atoms with van der Waals surface area (Å²) < 4.78 is 0. The van der Waals surface area contributed by atoms with Crippen LogP contribution >= 0.6 is 0 Å². The Hall–Kier alpha value is -0.660. The Morgan fingerprint density at radius 3 is 1.79 bits per heavy atom. The highest BCUT2D eigenvalue weighted by Gasteiger charge is 2.23. The monoisotopic (exact) mass is 198 g/mol. The Morgan fingerprint density at radius 2 is 1.50 bits per heavy atom. The molecule has 82 valence electrons. The second kappa shape index (κ2) is 5.94. The highest BCUT2D eigenvalue weighted by molar-refractivity contribution is 5.87. The molecule has 0 fully saturated rings. The minimum atomic E-state index is -0.0742. The van der Waals surface area contributed by atoms with Gasteiger partial charge in [0.15, 0.2) is 0 Å². The van der Waals surface area contributed by atoms with Crippen molar-refractivity contribution < 1.29 is 9.59 Å². The van der Waals surface area contributed by atoms with Crippen molar-refractivity contribution in [3.8, 4) is 0 Å². The first-order chi connectivity index (χ1) is 6.34. The van der Waals surface area contributed by atoms with E-state index in [-0.39, 0.29) is 23.4 Å². The fraction of sp³-hybridized carbons (Fsp3) is 0.833. The molecule has 0 N–H and O–H groups in total. The molecule has 0 saturated heterocycles. The molecule has 0 aliphatic rings. The topological polar surface area (TPSA) is 34.1 Å². The number of ketones is 2. The van der Waals surface area contributed by atoms with E-state index in [4.69, 9.17) is 0 Å². The molecule has 0 aromatic heterocycles. The van der Waals surface area contributed by atoms with Crippen molar-refractivity contribution in [1.82, 2.24) is 0 Å². The number of hydrogen-bond donors (Lipinski definition) is 0. The van der Waals surface area contributed by atoms with Crippen LogP contribution in [-0.2, 0) is 9.59 Å². The van der Waals surface area contributed by atoms with Crippen molar-refractivity contribution in [3.63, 3.8) is 0 Å². The van der Waals surface area contributed by atoms with Crippen LogP contribution in [0.15, 0.2) is 0 Å². The molecular formula is C12H22O2. The fourth-order valence-corrected chi connectivity index (χ4v) is 1.58. The summed E-state index contributed by atoms with van der Waals surface area (Å²) in [6.45, 7) is 9.63. The molecule has 2 nitrogen and oxygen atoms in total. The molecule has 1 unspecified atom stereocenters. The Morgan fingerprint density at radius 1 is 1.00 bits per heavy atom. The van der Waals surface area contributed by atoms with E-state index < -0.39 is 0 Å². The molecule has 0 rings (SSSR count). The Balaban J connectivity index is 4.33. The van der Waals surface area contributed by atoms with Crippen molar-refractivity contribution in [3.05, 3.63) is 0 Å². The van der Waals surface area contributed by atoms with E-state index in [0.717, 1.165) is 0 Å². The molecule has 0 bridgehead atoms. The average molecular weight is 198 g/mol. The van der Waals surface area contributed by atoms with Crippen molar-refractivity contribution >= 4 is 11.6 Å². The van der Waals surface area contributed by atoms with Crippen LogP contribution in [0.5, 0.6) is 0 Å². The summed E-state index contributed by atoms with van der Waals surface area (Å²) in [5, 5.41) is 0. The predicted octanol–water partition coefficient (Wildman–Crippen LogP) is 2.85. The van der Waals surface area contributed by atoms with Gasteiger partial charge in [-0.05, 0) is 18.8 Å². The van der Waals surface area contributed by atoms with Gasteiger partial charge in [0.1, 0.15) is 11.6 Å². The van der Waals surface area contributed by atoms with E-state index in [2.05, 4.69) is 0 Å². The van der Waals surface area contributed by atoms with Gasteiger partial charge in [-0.15, -0.1) is 0 Å². The smallest absolute Gasteiger partial charge is 0.136 e. The molecule has 0 aliphatic heterocycles. The van der Waals surface area contributed by atoms with Gasteiger partial charge < -0.3 is 4.79 Å². The minimum Gasteiger partial charge on any atom is -0.300 e. The van der Waals surface area contributed by atoms with Gasteiger partial charge in [-0.2, -0.15) is 0 Å².